The molecule has 0 aliphatic heterocycles. The van der Waals surface area contributed by atoms with Crippen molar-refractivity contribution < 1.29 is 4.79 Å². The summed E-state index contributed by atoms with van der Waals surface area (Å²) < 4.78 is 0. The highest BCUT2D eigenvalue weighted by Crippen LogP contribution is 2.16. The SMILES string of the molecule is Cc1ccccc1[C@H](C)NC(=O)Cc1ccc(N)cn1. The van der Waals surface area contributed by atoms with Crippen LogP contribution in [0, 0.1) is 6.92 Å². The van der Waals surface area contributed by atoms with Crippen LogP contribution in [0.2, 0.25) is 0 Å². The standard InChI is InChI=1S/C16H19N3O/c1-11-5-3-4-6-15(11)12(2)19-16(20)9-14-8-7-13(17)10-18-14/h3-8,10,12H,9,17H2,1-2H3,(H,19,20)/t12-/m0/s1. The van der Waals surface area contributed by atoms with Gasteiger partial charge in [-0.2, -0.15) is 0 Å². The lowest BCUT2D eigenvalue weighted by atomic mass is 10.0. The number of benzene rings is 1. The third kappa shape index (κ3) is 3.57. The van der Waals surface area contributed by atoms with Crippen LogP contribution in [0.25, 0.3) is 0 Å². The number of aromatic nitrogens is 1. The topological polar surface area (TPSA) is 68.0 Å². The van der Waals surface area contributed by atoms with Gasteiger partial charge in [0.2, 0.25) is 5.91 Å². The first-order valence-corrected chi connectivity index (χ1v) is 6.61. The number of nitrogens with two attached hydrogens (primary N) is 1. The minimum Gasteiger partial charge on any atom is -0.397 e. The Kier molecular flexibility index (Phi) is 4.35. The molecule has 4 heteroatoms. The number of pyridine rings is 1. The molecule has 0 saturated heterocycles. The molecule has 3 N–H and O–H groups in total. The zero-order valence-corrected chi connectivity index (χ0v) is 11.8. The molecule has 2 rings (SSSR count). The first-order valence-electron chi connectivity index (χ1n) is 6.61. The van der Waals surface area contributed by atoms with Crippen LogP contribution in [0.3, 0.4) is 0 Å². The van der Waals surface area contributed by atoms with E-state index >= 15 is 0 Å². The molecule has 2 aromatic rings. The second-order valence-corrected chi connectivity index (χ2v) is 4.91. The van der Waals surface area contributed by atoms with Gasteiger partial charge in [0.15, 0.2) is 0 Å². The quantitative estimate of drug-likeness (QED) is 0.895. The van der Waals surface area contributed by atoms with Crippen LogP contribution >= 0.6 is 0 Å². The van der Waals surface area contributed by atoms with Gasteiger partial charge in [0.25, 0.3) is 0 Å². The minimum atomic E-state index is -0.0435. The Balaban J connectivity index is 1.98. The molecular weight excluding hydrogens is 250 g/mol. The van der Waals surface area contributed by atoms with Crippen molar-refractivity contribution in [2.45, 2.75) is 26.3 Å². The maximum Gasteiger partial charge on any atom is 0.226 e. The summed E-state index contributed by atoms with van der Waals surface area (Å²) in [6, 6.07) is 11.5. The first kappa shape index (κ1) is 14.1. The fraction of sp³-hybridized carbons (Fsp3) is 0.250. The molecule has 1 amide bonds. The van der Waals surface area contributed by atoms with E-state index in [0.29, 0.717) is 11.4 Å². The highest BCUT2D eigenvalue weighted by Gasteiger charge is 2.12. The molecule has 0 bridgehead atoms. The van der Waals surface area contributed by atoms with Crippen molar-refractivity contribution in [2.75, 3.05) is 5.73 Å². The highest BCUT2D eigenvalue weighted by molar-refractivity contribution is 5.78. The van der Waals surface area contributed by atoms with E-state index in [4.69, 9.17) is 5.73 Å². The lowest BCUT2D eigenvalue weighted by Gasteiger charge is -2.16. The summed E-state index contributed by atoms with van der Waals surface area (Å²) in [4.78, 5) is 16.1. The highest BCUT2D eigenvalue weighted by atomic mass is 16.1. The summed E-state index contributed by atoms with van der Waals surface area (Å²) in [5.74, 6) is -0.0435. The van der Waals surface area contributed by atoms with Gasteiger partial charge < -0.3 is 11.1 Å². The van der Waals surface area contributed by atoms with Gasteiger partial charge >= 0.3 is 0 Å². The third-order valence-electron chi connectivity index (χ3n) is 3.22. The molecule has 0 aliphatic carbocycles. The molecule has 20 heavy (non-hydrogen) atoms. The second-order valence-electron chi connectivity index (χ2n) is 4.91. The first-order chi connectivity index (χ1) is 9.56. The van der Waals surface area contributed by atoms with Gasteiger partial charge in [0.05, 0.1) is 24.3 Å². The molecule has 1 atom stereocenters. The summed E-state index contributed by atoms with van der Waals surface area (Å²) >= 11 is 0. The minimum absolute atomic E-state index is 0.0162. The van der Waals surface area contributed by atoms with E-state index in [1.165, 1.54) is 5.56 Å². The van der Waals surface area contributed by atoms with Crippen molar-refractivity contribution in [1.29, 1.82) is 0 Å². The van der Waals surface area contributed by atoms with Gasteiger partial charge in [-0.15, -0.1) is 0 Å². The lowest BCUT2D eigenvalue weighted by molar-refractivity contribution is -0.121. The molecule has 0 aliphatic rings. The van der Waals surface area contributed by atoms with Crippen molar-refractivity contribution in [3.8, 4) is 0 Å². The number of nitrogens with zero attached hydrogens (tertiary/aromatic N) is 1. The molecule has 0 radical (unpaired) electrons. The smallest absolute Gasteiger partial charge is 0.226 e. The van der Waals surface area contributed by atoms with Crippen LogP contribution in [-0.2, 0) is 11.2 Å². The summed E-state index contributed by atoms with van der Waals surface area (Å²) in [6.45, 7) is 4.02. The van der Waals surface area contributed by atoms with E-state index in [2.05, 4.69) is 10.3 Å². The predicted molar refractivity (Wildman–Crippen MR) is 80.1 cm³/mol. The number of carbonyl (C=O) groups excluding carboxylic acids is 1. The maximum atomic E-state index is 12.0. The molecule has 0 spiro atoms. The molecule has 0 unspecified atom stereocenters. The number of rotatable bonds is 4. The molecule has 1 heterocycles. The number of anilines is 1. The lowest BCUT2D eigenvalue weighted by Crippen LogP contribution is -2.28. The van der Waals surface area contributed by atoms with Gasteiger partial charge in [-0.05, 0) is 37.1 Å². The van der Waals surface area contributed by atoms with Crippen LogP contribution in [-0.4, -0.2) is 10.9 Å². The van der Waals surface area contributed by atoms with Crippen molar-refractivity contribution in [3.05, 3.63) is 59.4 Å². The van der Waals surface area contributed by atoms with Crippen molar-refractivity contribution in [3.63, 3.8) is 0 Å². The molecular formula is C16H19N3O. The average molecular weight is 269 g/mol. The fourth-order valence-electron chi connectivity index (χ4n) is 2.15. The summed E-state index contributed by atoms with van der Waals surface area (Å²) in [6.07, 6.45) is 1.82. The Bertz CT molecular complexity index is 593. The van der Waals surface area contributed by atoms with E-state index in [1.807, 2.05) is 38.1 Å². The molecule has 4 nitrogen and oxygen atoms in total. The van der Waals surface area contributed by atoms with Crippen LogP contribution in [0.5, 0.6) is 0 Å². The zero-order valence-electron chi connectivity index (χ0n) is 11.8. The van der Waals surface area contributed by atoms with Gasteiger partial charge in [0, 0.05) is 5.69 Å². The second kappa shape index (κ2) is 6.19. The molecule has 0 saturated carbocycles. The summed E-state index contributed by atoms with van der Waals surface area (Å²) in [5.41, 5.74) is 9.19. The Morgan fingerprint density at radius 2 is 2.05 bits per heavy atom. The number of aryl methyl sites for hydroxylation is 1. The zero-order chi connectivity index (χ0) is 14.5. The molecule has 104 valence electrons. The van der Waals surface area contributed by atoms with E-state index in [1.54, 1.807) is 18.3 Å². The number of hydrogen-bond acceptors (Lipinski definition) is 3. The van der Waals surface area contributed by atoms with E-state index in [-0.39, 0.29) is 18.4 Å². The van der Waals surface area contributed by atoms with Gasteiger partial charge in [0.1, 0.15) is 0 Å². The van der Waals surface area contributed by atoms with Crippen LogP contribution in [0.1, 0.15) is 29.8 Å². The number of nitrogens with one attached hydrogen (secondary N) is 1. The molecule has 1 aromatic carbocycles. The Hall–Kier alpha value is -2.36. The van der Waals surface area contributed by atoms with E-state index in [9.17, 15) is 4.79 Å². The number of carbonyl (C=O) groups is 1. The van der Waals surface area contributed by atoms with Crippen molar-refractivity contribution >= 4 is 11.6 Å². The Labute approximate surface area is 119 Å². The monoisotopic (exact) mass is 269 g/mol. The van der Waals surface area contributed by atoms with Gasteiger partial charge in [-0.25, -0.2) is 0 Å². The number of hydrogen-bond donors (Lipinski definition) is 2. The fourth-order valence-corrected chi connectivity index (χ4v) is 2.15. The van der Waals surface area contributed by atoms with Crippen LogP contribution < -0.4 is 11.1 Å². The van der Waals surface area contributed by atoms with Crippen LogP contribution in [0.4, 0.5) is 5.69 Å². The normalized spacial score (nSPS) is 11.9. The molecule has 0 fully saturated rings. The van der Waals surface area contributed by atoms with Gasteiger partial charge in [-0.1, -0.05) is 24.3 Å². The number of amides is 1. The summed E-state index contributed by atoms with van der Waals surface area (Å²) in [7, 11) is 0. The Morgan fingerprint density at radius 1 is 1.30 bits per heavy atom. The average Bonchev–Trinajstić information content (AvgIpc) is 2.41. The third-order valence-corrected chi connectivity index (χ3v) is 3.22. The van der Waals surface area contributed by atoms with E-state index < -0.39 is 0 Å². The largest absolute Gasteiger partial charge is 0.397 e. The molecule has 1 aromatic heterocycles. The maximum absolute atomic E-state index is 12.0. The van der Waals surface area contributed by atoms with Gasteiger partial charge in [-0.3, -0.25) is 9.78 Å². The van der Waals surface area contributed by atoms with Crippen LogP contribution in [0.15, 0.2) is 42.6 Å². The predicted octanol–water partition coefficient (Wildman–Crippen LogP) is 2.39. The summed E-state index contributed by atoms with van der Waals surface area (Å²) in [5, 5.41) is 2.99. The van der Waals surface area contributed by atoms with Crippen molar-refractivity contribution in [2.24, 2.45) is 0 Å². The Morgan fingerprint density at radius 3 is 2.70 bits per heavy atom. The van der Waals surface area contributed by atoms with E-state index in [0.717, 1.165) is 5.56 Å². The number of nitrogen functional groups attached to an aromatic ring is 1. The van der Waals surface area contributed by atoms with Crippen molar-refractivity contribution in [1.82, 2.24) is 10.3 Å².